The zero-order chi connectivity index (χ0) is 13.7. The summed E-state index contributed by atoms with van der Waals surface area (Å²) < 4.78 is 5.08. The first kappa shape index (κ1) is 13.7. The molecule has 0 fully saturated rings. The molecule has 1 atom stereocenters. The van der Waals surface area contributed by atoms with Crippen molar-refractivity contribution in [2.75, 3.05) is 6.61 Å². The maximum atomic E-state index is 11.9. The average molecular weight is 262 g/mol. The van der Waals surface area contributed by atoms with Gasteiger partial charge in [-0.1, -0.05) is 24.3 Å². The van der Waals surface area contributed by atoms with Crippen LogP contribution in [0.2, 0.25) is 0 Å². The second-order valence-electron chi connectivity index (χ2n) is 4.75. The first-order valence-electron chi connectivity index (χ1n) is 6.62. The number of aliphatic hydroxyl groups is 1. The lowest BCUT2D eigenvalue weighted by Gasteiger charge is -2.16. The first-order valence-corrected chi connectivity index (χ1v) is 6.62. The number of Topliss-reactive ketones (excluding diaryl/α,β-unsaturated/α-hetero) is 1. The summed E-state index contributed by atoms with van der Waals surface area (Å²) in [7, 11) is 0. The minimum absolute atomic E-state index is 0.167. The highest BCUT2D eigenvalue weighted by atomic mass is 16.5. The van der Waals surface area contributed by atoms with E-state index in [9.17, 15) is 14.7 Å². The van der Waals surface area contributed by atoms with E-state index in [-0.39, 0.29) is 18.2 Å². The second-order valence-corrected chi connectivity index (χ2v) is 4.75. The third-order valence-corrected chi connectivity index (χ3v) is 3.33. The van der Waals surface area contributed by atoms with Gasteiger partial charge in [0, 0.05) is 12.8 Å². The summed E-state index contributed by atoms with van der Waals surface area (Å²) in [6.45, 7) is 0.351. The SMILES string of the molecule is O=C1CCc2ccccc2[C@H](O)C(=O)CCCCO1. The van der Waals surface area contributed by atoms with Crippen molar-refractivity contribution in [3.8, 4) is 0 Å². The first-order chi connectivity index (χ1) is 9.18. The molecule has 1 aromatic carbocycles. The molecule has 19 heavy (non-hydrogen) atoms. The van der Waals surface area contributed by atoms with Crippen LogP contribution in [-0.2, 0) is 20.7 Å². The van der Waals surface area contributed by atoms with Crippen molar-refractivity contribution in [2.45, 2.75) is 38.2 Å². The van der Waals surface area contributed by atoms with Crippen molar-refractivity contribution in [2.24, 2.45) is 0 Å². The fraction of sp³-hybridized carbons (Fsp3) is 0.467. The van der Waals surface area contributed by atoms with Gasteiger partial charge in [0.1, 0.15) is 6.10 Å². The Kier molecular flexibility index (Phi) is 4.68. The van der Waals surface area contributed by atoms with Gasteiger partial charge in [-0.25, -0.2) is 0 Å². The average Bonchev–Trinajstić information content (AvgIpc) is 2.43. The van der Waals surface area contributed by atoms with Gasteiger partial charge in [-0.15, -0.1) is 0 Å². The molecule has 0 unspecified atom stereocenters. The van der Waals surface area contributed by atoms with Crippen molar-refractivity contribution >= 4 is 11.8 Å². The molecule has 1 aliphatic heterocycles. The van der Waals surface area contributed by atoms with Gasteiger partial charge in [-0.2, -0.15) is 0 Å². The largest absolute Gasteiger partial charge is 0.466 e. The molecule has 0 aliphatic carbocycles. The van der Waals surface area contributed by atoms with E-state index < -0.39 is 6.10 Å². The van der Waals surface area contributed by atoms with Crippen molar-refractivity contribution in [1.29, 1.82) is 0 Å². The van der Waals surface area contributed by atoms with Crippen molar-refractivity contribution in [1.82, 2.24) is 0 Å². The van der Waals surface area contributed by atoms with Crippen LogP contribution in [0.1, 0.15) is 42.9 Å². The number of benzene rings is 1. The topological polar surface area (TPSA) is 63.6 Å². The molecule has 1 heterocycles. The number of carbonyl (C=O) groups excluding carboxylic acids is 2. The van der Waals surface area contributed by atoms with E-state index in [2.05, 4.69) is 0 Å². The van der Waals surface area contributed by atoms with Crippen LogP contribution in [0.4, 0.5) is 0 Å². The predicted octanol–water partition coefficient (Wildman–Crippen LogP) is 1.95. The van der Waals surface area contributed by atoms with Gasteiger partial charge in [-0.05, 0) is 30.4 Å². The summed E-state index contributed by atoms with van der Waals surface area (Å²) in [4.78, 5) is 23.4. The van der Waals surface area contributed by atoms with Crippen LogP contribution in [0.15, 0.2) is 24.3 Å². The van der Waals surface area contributed by atoms with Gasteiger partial charge >= 0.3 is 5.97 Å². The van der Waals surface area contributed by atoms with Crippen LogP contribution in [0.5, 0.6) is 0 Å². The van der Waals surface area contributed by atoms with Crippen molar-refractivity contribution < 1.29 is 19.4 Å². The van der Waals surface area contributed by atoms with Gasteiger partial charge < -0.3 is 9.84 Å². The second kappa shape index (κ2) is 6.48. The van der Waals surface area contributed by atoms with Crippen LogP contribution in [0.25, 0.3) is 0 Å². The highest BCUT2D eigenvalue weighted by Gasteiger charge is 2.20. The molecule has 0 saturated heterocycles. The number of ketones is 1. The number of aliphatic hydroxyl groups excluding tert-OH is 1. The van der Waals surface area contributed by atoms with E-state index >= 15 is 0 Å². The summed E-state index contributed by atoms with van der Waals surface area (Å²) in [6.07, 6.45) is 1.29. The number of aryl methyl sites for hydroxylation is 1. The number of hydrogen-bond acceptors (Lipinski definition) is 4. The third-order valence-electron chi connectivity index (χ3n) is 3.33. The van der Waals surface area contributed by atoms with Gasteiger partial charge in [-0.3, -0.25) is 9.59 Å². The Morgan fingerprint density at radius 1 is 1.05 bits per heavy atom. The van der Waals surface area contributed by atoms with E-state index in [1.807, 2.05) is 12.1 Å². The van der Waals surface area contributed by atoms with Crippen LogP contribution >= 0.6 is 0 Å². The predicted molar refractivity (Wildman–Crippen MR) is 69.5 cm³/mol. The van der Waals surface area contributed by atoms with Crippen LogP contribution in [0, 0.1) is 0 Å². The quantitative estimate of drug-likeness (QED) is 0.726. The highest BCUT2D eigenvalue weighted by molar-refractivity contribution is 5.84. The minimum atomic E-state index is -1.08. The molecule has 0 radical (unpaired) electrons. The molecule has 1 aliphatic rings. The number of esters is 1. The Morgan fingerprint density at radius 2 is 1.84 bits per heavy atom. The Labute approximate surface area is 112 Å². The summed E-state index contributed by atoms with van der Waals surface area (Å²) in [6, 6.07) is 7.21. The Morgan fingerprint density at radius 3 is 2.68 bits per heavy atom. The maximum absolute atomic E-state index is 11.9. The number of fused-ring (bicyclic) bond motifs is 1. The lowest BCUT2D eigenvalue weighted by molar-refractivity contribution is -0.143. The molecule has 2 rings (SSSR count). The molecule has 0 bridgehead atoms. The van der Waals surface area contributed by atoms with Crippen LogP contribution < -0.4 is 0 Å². The number of hydrogen-bond donors (Lipinski definition) is 1. The molecule has 1 aromatic rings. The van der Waals surface area contributed by atoms with E-state index in [1.54, 1.807) is 12.1 Å². The van der Waals surface area contributed by atoms with E-state index in [0.717, 1.165) is 5.56 Å². The van der Waals surface area contributed by atoms with E-state index in [1.165, 1.54) is 0 Å². The fourth-order valence-electron chi connectivity index (χ4n) is 2.23. The summed E-state index contributed by atoms with van der Waals surface area (Å²) in [5, 5.41) is 10.1. The number of carbonyl (C=O) groups is 2. The molecule has 0 aromatic heterocycles. The molecular formula is C15H18O4. The van der Waals surface area contributed by atoms with Gasteiger partial charge in [0.2, 0.25) is 0 Å². The summed E-state index contributed by atoms with van der Waals surface area (Å²) in [5.74, 6) is -0.393. The van der Waals surface area contributed by atoms with Crippen LogP contribution in [-0.4, -0.2) is 23.5 Å². The zero-order valence-corrected chi connectivity index (χ0v) is 10.8. The molecule has 102 valence electrons. The van der Waals surface area contributed by atoms with Crippen molar-refractivity contribution in [3.05, 3.63) is 35.4 Å². The molecule has 4 nitrogen and oxygen atoms in total. The van der Waals surface area contributed by atoms with Crippen LogP contribution in [0.3, 0.4) is 0 Å². The Hall–Kier alpha value is -1.68. The fourth-order valence-corrected chi connectivity index (χ4v) is 2.23. The van der Waals surface area contributed by atoms with Gasteiger partial charge in [0.05, 0.1) is 6.61 Å². The van der Waals surface area contributed by atoms with Gasteiger partial charge in [0.25, 0.3) is 0 Å². The number of cyclic esters (lactones) is 1. The number of rotatable bonds is 0. The molecule has 4 heteroatoms. The molecule has 0 saturated carbocycles. The lowest BCUT2D eigenvalue weighted by Crippen LogP contribution is -2.16. The smallest absolute Gasteiger partial charge is 0.306 e. The molecule has 0 spiro atoms. The molecule has 0 amide bonds. The molecular weight excluding hydrogens is 244 g/mol. The van der Waals surface area contributed by atoms with E-state index in [0.29, 0.717) is 37.9 Å². The van der Waals surface area contributed by atoms with Gasteiger partial charge in [0.15, 0.2) is 5.78 Å². The monoisotopic (exact) mass is 262 g/mol. The standard InChI is InChI=1S/C15H18O4/c16-13-7-3-4-10-19-14(17)9-8-11-5-1-2-6-12(11)15(13)18/h1-2,5-6,15,18H,3-4,7-10H2/t15-/m0/s1. The Bertz CT molecular complexity index is 467. The number of ether oxygens (including phenoxy) is 1. The minimum Gasteiger partial charge on any atom is -0.466 e. The van der Waals surface area contributed by atoms with Crippen molar-refractivity contribution in [3.63, 3.8) is 0 Å². The summed E-state index contributed by atoms with van der Waals surface area (Å²) in [5.41, 5.74) is 1.45. The highest BCUT2D eigenvalue weighted by Crippen LogP contribution is 2.22. The molecule has 1 N–H and O–H groups in total. The van der Waals surface area contributed by atoms with E-state index in [4.69, 9.17) is 4.74 Å². The normalized spacial score (nSPS) is 21.8. The third kappa shape index (κ3) is 3.64. The maximum Gasteiger partial charge on any atom is 0.306 e. The zero-order valence-electron chi connectivity index (χ0n) is 10.8. The Balaban J connectivity index is 2.24. The lowest BCUT2D eigenvalue weighted by atomic mass is 9.94. The summed E-state index contributed by atoms with van der Waals surface area (Å²) >= 11 is 0.